The number of hydrogen-bond donors (Lipinski definition) is 2. The fourth-order valence-electron chi connectivity index (χ4n) is 3.77. The lowest BCUT2D eigenvalue weighted by Crippen LogP contribution is -2.53. The maximum atomic E-state index is 11.5. The van der Waals surface area contributed by atoms with Gasteiger partial charge in [-0.2, -0.15) is 0 Å². The molecule has 1 aromatic heterocycles. The molecule has 0 fully saturated rings. The van der Waals surface area contributed by atoms with Crippen molar-refractivity contribution in [2.75, 3.05) is 6.54 Å². The fraction of sp³-hybridized carbons (Fsp3) is 0.444. The molecule has 1 heterocycles. The summed E-state index contributed by atoms with van der Waals surface area (Å²) in [6.07, 6.45) is 3.09. The van der Waals surface area contributed by atoms with E-state index in [1.54, 1.807) is 11.3 Å². The number of fused-ring (bicyclic) bond motifs is 1. The SMILES string of the molecule is Cc1ccc(C(C)(O)C2(CN)CCCc3ccccc32)s1. The molecule has 3 N–H and O–H groups in total. The maximum Gasteiger partial charge on any atom is 0.107 e. The molecule has 1 aromatic carbocycles. The Morgan fingerprint density at radius 2 is 2.05 bits per heavy atom. The molecule has 1 aliphatic rings. The van der Waals surface area contributed by atoms with Gasteiger partial charge in [0.1, 0.15) is 5.60 Å². The third kappa shape index (κ3) is 2.15. The van der Waals surface area contributed by atoms with Crippen LogP contribution >= 0.6 is 11.3 Å². The predicted molar refractivity (Wildman–Crippen MR) is 88.7 cm³/mol. The molecule has 0 aliphatic heterocycles. The molecule has 3 heteroatoms. The zero-order valence-electron chi connectivity index (χ0n) is 12.7. The molecule has 0 saturated heterocycles. The largest absolute Gasteiger partial charge is 0.384 e. The normalized spacial score (nSPS) is 24.4. The minimum Gasteiger partial charge on any atom is -0.384 e. The number of aliphatic hydroxyl groups is 1. The first-order chi connectivity index (χ1) is 10.0. The molecule has 2 atom stereocenters. The highest BCUT2D eigenvalue weighted by molar-refractivity contribution is 7.12. The van der Waals surface area contributed by atoms with Crippen molar-refractivity contribution in [2.45, 2.75) is 44.1 Å². The average Bonchev–Trinajstić information content (AvgIpc) is 2.93. The highest BCUT2D eigenvalue weighted by Crippen LogP contribution is 2.50. The molecule has 112 valence electrons. The van der Waals surface area contributed by atoms with Crippen molar-refractivity contribution in [3.05, 3.63) is 57.3 Å². The molecule has 2 nitrogen and oxygen atoms in total. The Balaban J connectivity index is 2.17. The number of benzene rings is 1. The van der Waals surface area contributed by atoms with Crippen molar-refractivity contribution in [3.8, 4) is 0 Å². The molecule has 0 amide bonds. The summed E-state index contributed by atoms with van der Waals surface area (Å²) in [6.45, 7) is 4.48. The summed E-state index contributed by atoms with van der Waals surface area (Å²) in [5.74, 6) is 0. The minimum absolute atomic E-state index is 0.390. The Morgan fingerprint density at radius 3 is 2.71 bits per heavy atom. The van der Waals surface area contributed by atoms with Crippen LogP contribution in [0.5, 0.6) is 0 Å². The Labute approximate surface area is 130 Å². The van der Waals surface area contributed by atoms with Crippen molar-refractivity contribution in [2.24, 2.45) is 5.73 Å². The van der Waals surface area contributed by atoms with E-state index in [9.17, 15) is 5.11 Å². The maximum absolute atomic E-state index is 11.5. The molecule has 3 rings (SSSR count). The van der Waals surface area contributed by atoms with Crippen LogP contribution in [0.4, 0.5) is 0 Å². The van der Waals surface area contributed by atoms with Crippen molar-refractivity contribution < 1.29 is 5.11 Å². The Morgan fingerprint density at radius 1 is 1.29 bits per heavy atom. The average molecular weight is 301 g/mol. The van der Waals surface area contributed by atoms with E-state index in [0.717, 1.165) is 24.1 Å². The smallest absolute Gasteiger partial charge is 0.107 e. The Bertz CT molecular complexity index is 646. The van der Waals surface area contributed by atoms with Crippen LogP contribution in [-0.4, -0.2) is 11.7 Å². The Kier molecular flexibility index (Phi) is 3.68. The molecular weight excluding hydrogens is 278 g/mol. The van der Waals surface area contributed by atoms with Gasteiger partial charge in [-0.3, -0.25) is 0 Å². The van der Waals surface area contributed by atoms with Gasteiger partial charge in [-0.05, 0) is 56.4 Å². The summed E-state index contributed by atoms with van der Waals surface area (Å²) in [5.41, 5.74) is 7.47. The van der Waals surface area contributed by atoms with Crippen molar-refractivity contribution in [3.63, 3.8) is 0 Å². The van der Waals surface area contributed by atoms with Crippen molar-refractivity contribution in [1.82, 2.24) is 0 Å². The number of hydrogen-bond acceptors (Lipinski definition) is 3. The van der Waals surface area contributed by atoms with E-state index in [-0.39, 0.29) is 5.41 Å². The van der Waals surface area contributed by atoms with E-state index in [2.05, 4.69) is 43.3 Å². The van der Waals surface area contributed by atoms with Crippen molar-refractivity contribution in [1.29, 1.82) is 0 Å². The summed E-state index contributed by atoms with van der Waals surface area (Å²) in [6, 6.07) is 12.6. The zero-order valence-corrected chi connectivity index (χ0v) is 13.5. The van der Waals surface area contributed by atoms with E-state index in [1.807, 2.05) is 6.92 Å². The van der Waals surface area contributed by atoms with Crippen LogP contribution in [0.2, 0.25) is 0 Å². The van der Waals surface area contributed by atoms with Crippen LogP contribution < -0.4 is 5.73 Å². The van der Waals surface area contributed by atoms with Gasteiger partial charge in [-0.25, -0.2) is 0 Å². The molecule has 2 aromatic rings. The van der Waals surface area contributed by atoms with Crippen LogP contribution in [0.3, 0.4) is 0 Å². The highest BCUT2D eigenvalue weighted by atomic mass is 32.1. The van der Waals surface area contributed by atoms with Crippen LogP contribution in [-0.2, 0) is 17.4 Å². The number of rotatable bonds is 3. The van der Waals surface area contributed by atoms with Crippen LogP contribution in [0.1, 0.15) is 40.6 Å². The van der Waals surface area contributed by atoms with Gasteiger partial charge in [-0.1, -0.05) is 24.3 Å². The number of aryl methyl sites for hydroxylation is 2. The summed E-state index contributed by atoms with van der Waals surface area (Å²) in [4.78, 5) is 2.24. The lowest BCUT2D eigenvalue weighted by Gasteiger charge is -2.48. The predicted octanol–water partition coefficient (Wildman–Crippen LogP) is 3.50. The lowest BCUT2D eigenvalue weighted by molar-refractivity contribution is -0.0314. The lowest BCUT2D eigenvalue weighted by atomic mass is 9.60. The first-order valence-corrected chi connectivity index (χ1v) is 8.41. The fourth-order valence-corrected chi connectivity index (χ4v) is 4.78. The van der Waals surface area contributed by atoms with Gasteiger partial charge in [0.2, 0.25) is 0 Å². The standard InChI is InChI=1S/C18H23NOS/c1-13-9-10-16(21-13)17(2,20)18(12-19)11-5-7-14-6-3-4-8-15(14)18/h3-4,6,8-10,20H,5,7,11-12,19H2,1-2H3. The topological polar surface area (TPSA) is 46.2 Å². The molecule has 21 heavy (non-hydrogen) atoms. The first-order valence-electron chi connectivity index (χ1n) is 7.59. The second-order valence-electron chi connectivity index (χ2n) is 6.28. The van der Waals surface area contributed by atoms with Crippen LogP contribution in [0.15, 0.2) is 36.4 Å². The Hall–Kier alpha value is -1.16. The van der Waals surface area contributed by atoms with Gasteiger partial charge in [-0.15, -0.1) is 11.3 Å². The van der Waals surface area contributed by atoms with E-state index in [0.29, 0.717) is 6.54 Å². The monoisotopic (exact) mass is 301 g/mol. The molecule has 0 saturated carbocycles. The van der Waals surface area contributed by atoms with Crippen LogP contribution in [0, 0.1) is 6.92 Å². The van der Waals surface area contributed by atoms with Crippen LogP contribution in [0.25, 0.3) is 0 Å². The van der Waals surface area contributed by atoms with Gasteiger partial charge >= 0.3 is 0 Å². The first kappa shape index (κ1) is 14.8. The van der Waals surface area contributed by atoms with E-state index in [4.69, 9.17) is 5.73 Å². The minimum atomic E-state index is -0.933. The quantitative estimate of drug-likeness (QED) is 0.911. The summed E-state index contributed by atoms with van der Waals surface area (Å²) < 4.78 is 0. The molecule has 0 bridgehead atoms. The van der Waals surface area contributed by atoms with E-state index in [1.165, 1.54) is 16.0 Å². The molecule has 0 spiro atoms. The number of thiophene rings is 1. The summed E-state index contributed by atoms with van der Waals surface area (Å²) >= 11 is 1.67. The van der Waals surface area contributed by atoms with E-state index < -0.39 is 5.60 Å². The second kappa shape index (κ2) is 5.24. The van der Waals surface area contributed by atoms with E-state index >= 15 is 0 Å². The molecule has 2 unspecified atom stereocenters. The van der Waals surface area contributed by atoms with Gasteiger partial charge < -0.3 is 10.8 Å². The summed E-state index contributed by atoms with van der Waals surface area (Å²) in [7, 11) is 0. The van der Waals surface area contributed by atoms with Gasteiger partial charge in [0.25, 0.3) is 0 Å². The molecule has 1 aliphatic carbocycles. The zero-order chi connectivity index (χ0) is 15.1. The van der Waals surface area contributed by atoms with Gasteiger partial charge in [0.05, 0.1) is 0 Å². The highest BCUT2D eigenvalue weighted by Gasteiger charge is 2.50. The van der Waals surface area contributed by atoms with Gasteiger partial charge in [0, 0.05) is 21.7 Å². The second-order valence-corrected chi connectivity index (χ2v) is 7.57. The molecule has 0 radical (unpaired) electrons. The number of nitrogens with two attached hydrogens (primary N) is 1. The van der Waals surface area contributed by atoms with Gasteiger partial charge in [0.15, 0.2) is 0 Å². The summed E-state index contributed by atoms with van der Waals surface area (Å²) in [5, 5.41) is 11.5. The van der Waals surface area contributed by atoms with Crippen molar-refractivity contribution >= 4 is 11.3 Å². The molecular formula is C18H23NOS. The third-order valence-electron chi connectivity index (χ3n) is 5.08. The third-order valence-corrected chi connectivity index (χ3v) is 6.29.